The molecule has 24 heavy (non-hydrogen) atoms. The first-order valence-corrected chi connectivity index (χ1v) is 8.36. The number of fused-ring (bicyclic) bond motifs is 1. The molecule has 2 aromatic rings. The van der Waals surface area contributed by atoms with Crippen molar-refractivity contribution in [3.63, 3.8) is 0 Å². The molecule has 1 aromatic heterocycles. The summed E-state index contributed by atoms with van der Waals surface area (Å²) in [5.41, 5.74) is 3.83. The first-order valence-electron chi connectivity index (χ1n) is 8.36. The fourth-order valence-corrected chi connectivity index (χ4v) is 2.84. The summed E-state index contributed by atoms with van der Waals surface area (Å²) in [6.45, 7) is 5.80. The summed E-state index contributed by atoms with van der Waals surface area (Å²) < 4.78 is 10.6. The third-order valence-electron chi connectivity index (χ3n) is 4.69. The molecule has 0 spiro atoms. The minimum Gasteiger partial charge on any atom is -0.464 e. The monoisotopic (exact) mass is 329 g/mol. The van der Waals surface area contributed by atoms with Crippen molar-refractivity contribution < 1.29 is 18.7 Å². The van der Waals surface area contributed by atoms with Crippen LogP contribution in [0.2, 0.25) is 0 Å². The zero-order chi connectivity index (χ0) is 17.3. The molecule has 0 saturated heterocycles. The molecule has 0 unspecified atom stereocenters. The van der Waals surface area contributed by atoms with E-state index in [1.54, 1.807) is 6.26 Å². The number of aryl methyl sites for hydroxylation is 2. The Morgan fingerprint density at radius 3 is 2.71 bits per heavy atom. The van der Waals surface area contributed by atoms with Crippen LogP contribution in [-0.2, 0) is 20.7 Å². The van der Waals surface area contributed by atoms with Crippen molar-refractivity contribution in [3.8, 4) is 0 Å². The largest absolute Gasteiger partial charge is 0.464 e. The lowest BCUT2D eigenvalue weighted by Crippen LogP contribution is -2.37. The molecule has 1 atom stereocenters. The van der Waals surface area contributed by atoms with Gasteiger partial charge >= 0.3 is 5.97 Å². The lowest BCUT2D eigenvalue weighted by atomic mass is 10.0. The van der Waals surface area contributed by atoms with Gasteiger partial charge in [0.25, 0.3) is 5.91 Å². The van der Waals surface area contributed by atoms with Gasteiger partial charge < -0.3 is 14.5 Å². The van der Waals surface area contributed by atoms with Crippen molar-refractivity contribution in [2.45, 2.75) is 46.1 Å². The average Bonchev–Trinajstić information content (AvgIpc) is 3.32. The van der Waals surface area contributed by atoms with Crippen LogP contribution < -0.4 is 5.32 Å². The van der Waals surface area contributed by atoms with Crippen LogP contribution in [-0.4, -0.2) is 24.5 Å². The van der Waals surface area contributed by atoms with E-state index in [9.17, 15) is 9.59 Å². The zero-order valence-electron chi connectivity index (χ0n) is 14.3. The van der Waals surface area contributed by atoms with E-state index in [1.165, 1.54) is 0 Å². The van der Waals surface area contributed by atoms with Crippen molar-refractivity contribution in [2.24, 2.45) is 5.92 Å². The number of hydrogen-bond acceptors (Lipinski definition) is 4. The van der Waals surface area contributed by atoms with Gasteiger partial charge in [0.15, 0.2) is 6.61 Å². The maximum atomic E-state index is 12.0. The Labute approximate surface area is 141 Å². The van der Waals surface area contributed by atoms with E-state index >= 15 is 0 Å². The molecule has 1 aromatic carbocycles. The van der Waals surface area contributed by atoms with Gasteiger partial charge in [0, 0.05) is 17.0 Å². The number of hydrogen-bond donors (Lipinski definition) is 1. The van der Waals surface area contributed by atoms with Crippen molar-refractivity contribution in [2.75, 3.05) is 6.61 Å². The van der Waals surface area contributed by atoms with Crippen LogP contribution in [0.5, 0.6) is 0 Å². The first kappa shape index (κ1) is 16.6. The zero-order valence-corrected chi connectivity index (χ0v) is 14.3. The predicted molar refractivity (Wildman–Crippen MR) is 90.7 cm³/mol. The van der Waals surface area contributed by atoms with Crippen LogP contribution in [0.4, 0.5) is 0 Å². The number of rotatable bonds is 6. The molecular weight excluding hydrogens is 306 g/mol. The summed E-state index contributed by atoms with van der Waals surface area (Å²) in [5.74, 6) is -0.0925. The molecule has 1 fully saturated rings. The van der Waals surface area contributed by atoms with Gasteiger partial charge in [-0.05, 0) is 62.8 Å². The molecule has 0 bridgehead atoms. The van der Waals surface area contributed by atoms with E-state index < -0.39 is 5.97 Å². The molecule has 1 aliphatic rings. The van der Waals surface area contributed by atoms with E-state index in [0.717, 1.165) is 40.5 Å². The smallest absolute Gasteiger partial charge is 0.310 e. The Kier molecular flexibility index (Phi) is 4.60. The van der Waals surface area contributed by atoms with Crippen LogP contribution in [0.3, 0.4) is 0 Å². The van der Waals surface area contributed by atoms with Crippen LogP contribution in [0.1, 0.15) is 36.5 Å². The normalized spacial score (nSPS) is 15.3. The molecule has 128 valence electrons. The Hall–Kier alpha value is -2.30. The van der Waals surface area contributed by atoms with Gasteiger partial charge in [-0.15, -0.1) is 0 Å². The van der Waals surface area contributed by atoms with E-state index in [1.807, 2.05) is 32.9 Å². The topological polar surface area (TPSA) is 68.5 Å². The molecular formula is C19H23NO4. The van der Waals surface area contributed by atoms with Gasteiger partial charge in [-0.1, -0.05) is 0 Å². The molecule has 5 heteroatoms. The van der Waals surface area contributed by atoms with E-state index in [-0.39, 0.29) is 25.0 Å². The highest BCUT2D eigenvalue weighted by molar-refractivity contribution is 5.87. The van der Waals surface area contributed by atoms with Crippen LogP contribution in [0.15, 0.2) is 22.8 Å². The number of carbonyl (C=O) groups is 2. The minimum absolute atomic E-state index is 0.0982. The maximum absolute atomic E-state index is 12.0. The highest BCUT2D eigenvalue weighted by Gasteiger charge is 2.29. The van der Waals surface area contributed by atoms with E-state index in [0.29, 0.717) is 5.92 Å². The SMILES string of the molecule is Cc1cc2occ(CC(=O)OCC(=O)N[C@H](C)C3CC3)c2cc1C. The number of amides is 1. The second-order valence-corrected chi connectivity index (χ2v) is 6.72. The summed E-state index contributed by atoms with van der Waals surface area (Å²) in [6.07, 6.45) is 4.00. The lowest BCUT2D eigenvalue weighted by molar-refractivity contribution is -0.148. The van der Waals surface area contributed by atoms with E-state index in [2.05, 4.69) is 5.32 Å². The molecule has 1 heterocycles. The van der Waals surface area contributed by atoms with Crippen molar-refractivity contribution >= 4 is 22.8 Å². The average molecular weight is 329 g/mol. The minimum atomic E-state index is -0.426. The summed E-state index contributed by atoms with van der Waals surface area (Å²) >= 11 is 0. The van der Waals surface area contributed by atoms with Crippen molar-refractivity contribution in [1.82, 2.24) is 5.32 Å². The summed E-state index contributed by atoms with van der Waals surface area (Å²) in [7, 11) is 0. The van der Waals surface area contributed by atoms with Crippen LogP contribution >= 0.6 is 0 Å². The summed E-state index contributed by atoms with van der Waals surface area (Å²) in [5, 5.41) is 3.78. The highest BCUT2D eigenvalue weighted by Crippen LogP contribution is 2.32. The molecule has 1 aliphatic carbocycles. The molecule has 3 rings (SSSR count). The number of nitrogens with one attached hydrogen (secondary N) is 1. The number of carbonyl (C=O) groups excluding carboxylic acids is 2. The Balaban J connectivity index is 1.55. The lowest BCUT2D eigenvalue weighted by Gasteiger charge is -2.12. The van der Waals surface area contributed by atoms with Gasteiger partial charge in [-0.2, -0.15) is 0 Å². The van der Waals surface area contributed by atoms with Gasteiger partial charge in [0.2, 0.25) is 0 Å². The fraction of sp³-hybridized carbons (Fsp3) is 0.474. The van der Waals surface area contributed by atoms with Crippen molar-refractivity contribution in [3.05, 3.63) is 35.1 Å². The summed E-state index contributed by atoms with van der Waals surface area (Å²) in [4.78, 5) is 23.8. The Morgan fingerprint density at radius 2 is 2.00 bits per heavy atom. The second kappa shape index (κ2) is 6.67. The molecule has 5 nitrogen and oxygen atoms in total. The van der Waals surface area contributed by atoms with Gasteiger partial charge in [-0.25, -0.2) is 0 Å². The third-order valence-corrected chi connectivity index (χ3v) is 4.69. The quantitative estimate of drug-likeness (QED) is 0.827. The number of esters is 1. The van der Waals surface area contributed by atoms with Crippen LogP contribution in [0.25, 0.3) is 11.0 Å². The number of ether oxygens (including phenoxy) is 1. The molecule has 0 aliphatic heterocycles. The van der Waals surface area contributed by atoms with Gasteiger partial charge in [-0.3, -0.25) is 9.59 Å². The molecule has 0 radical (unpaired) electrons. The van der Waals surface area contributed by atoms with E-state index in [4.69, 9.17) is 9.15 Å². The number of benzene rings is 1. The predicted octanol–water partition coefficient (Wildman–Crippen LogP) is 3.05. The van der Waals surface area contributed by atoms with Gasteiger partial charge in [0.05, 0.1) is 12.7 Å². The molecule has 1 amide bonds. The maximum Gasteiger partial charge on any atom is 0.310 e. The van der Waals surface area contributed by atoms with Gasteiger partial charge in [0.1, 0.15) is 5.58 Å². The first-order chi connectivity index (χ1) is 11.4. The van der Waals surface area contributed by atoms with Crippen LogP contribution in [0, 0.1) is 19.8 Å². The highest BCUT2D eigenvalue weighted by atomic mass is 16.5. The third kappa shape index (κ3) is 3.78. The Bertz CT molecular complexity index is 773. The Morgan fingerprint density at radius 1 is 1.29 bits per heavy atom. The molecule has 1 saturated carbocycles. The molecule has 1 N–H and O–H groups in total. The fourth-order valence-electron chi connectivity index (χ4n) is 2.84. The van der Waals surface area contributed by atoms with Crippen molar-refractivity contribution in [1.29, 1.82) is 0 Å². The standard InChI is InChI=1S/C19H23NO4/c1-11-6-16-15(9-23-17(16)7-12(11)2)8-19(22)24-10-18(21)20-13(3)14-4-5-14/h6-7,9,13-14H,4-5,8,10H2,1-3H3,(H,20,21)/t13-/m1/s1. The second-order valence-electron chi connectivity index (χ2n) is 6.72. The summed E-state index contributed by atoms with van der Waals surface area (Å²) in [6, 6.07) is 4.13. The number of furan rings is 1.